The zero-order chi connectivity index (χ0) is 23.1. The molecule has 168 valence electrons. The van der Waals surface area contributed by atoms with Gasteiger partial charge in [0.05, 0.1) is 28.6 Å². The lowest BCUT2D eigenvalue weighted by Gasteiger charge is -2.34. The average molecular weight is 444 g/mol. The molecule has 3 aromatic heterocycles. The monoisotopic (exact) mass is 443 g/mol. The summed E-state index contributed by atoms with van der Waals surface area (Å²) in [4.78, 5) is 34.6. The van der Waals surface area contributed by atoms with Gasteiger partial charge in [0.15, 0.2) is 11.4 Å². The number of amides is 2. The Morgan fingerprint density at radius 1 is 0.939 bits per heavy atom. The molecular formula is C25H25N5O3. The lowest BCUT2D eigenvalue weighted by atomic mass is 10.0. The zero-order valence-electron chi connectivity index (χ0n) is 18.9. The molecule has 1 aliphatic heterocycles. The Kier molecular flexibility index (Phi) is 5.20. The van der Waals surface area contributed by atoms with E-state index in [1.165, 1.54) is 6.26 Å². The molecule has 33 heavy (non-hydrogen) atoms. The Bertz CT molecular complexity index is 1330. The summed E-state index contributed by atoms with van der Waals surface area (Å²) in [5.41, 5.74) is 4.89. The largest absolute Gasteiger partial charge is 0.459 e. The summed E-state index contributed by atoms with van der Waals surface area (Å²) in [6.45, 7) is 5.75. The van der Waals surface area contributed by atoms with Crippen molar-refractivity contribution < 1.29 is 14.0 Å². The fourth-order valence-electron chi connectivity index (χ4n) is 4.32. The number of aromatic nitrogens is 3. The number of rotatable bonds is 3. The van der Waals surface area contributed by atoms with Crippen molar-refractivity contribution in [2.24, 2.45) is 7.05 Å². The van der Waals surface area contributed by atoms with E-state index in [1.54, 1.807) is 26.6 Å². The summed E-state index contributed by atoms with van der Waals surface area (Å²) in [7, 11) is 1.84. The molecule has 4 heterocycles. The van der Waals surface area contributed by atoms with Gasteiger partial charge in [-0.05, 0) is 32.0 Å². The molecule has 0 spiro atoms. The van der Waals surface area contributed by atoms with Crippen molar-refractivity contribution in [3.63, 3.8) is 0 Å². The number of fused-ring (bicyclic) bond motifs is 1. The smallest absolute Gasteiger partial charge is 0.289 e. The van der Waals surface area contributed by atoms with E-state index in [2.05, 4.69) is 5.10 Å². The second-order valence-corrected chi connectivity index (χ2v) is 8.39. The Morgan fingerprint density at radius 2 is 1.61 bits per heavy atom. The predicted octanol–water partition coefficient (Wildman–Crippen LogP) is 3.44. The molecule has 2 amide bonds. The van der Waals surface area contributed by atoms with Gasteiger partial charge in [-0.25, -0.2) is 4.98 Å². The molecule has 1 aromatic carbocycles. The van der Waals surface area contributed by atoms with E-state index in [0.29, 0.717) is 43.1 Å². The minimum atomic E-state index is -0.150. The van der Waals surface area contributed by atoms with E-state index >= 15 is 0 Å². The molecule has 8 heteroatoms. The van der Waals surface area contributed by atoms with Crippen LogP contribution in [0.15, 0.2) is 53.1 Å². The van der Waals surface area contributed by atoms with Crippen molar-refractivity contribution >= 4 is 22.8 Å². The molecule has 5 rings (SSSR count). The maximum Gasteiger partial charge on any atom is 0.289 e. The van der Waals surface area contributed by atoms with Gasteiger partial charge < -0.3 is 14.2 Å². The maximum atomic E-state index is 13.7. The number of hydrogen-bond acceptors (Lipinski definition) is 5. The summed E-state index contributed by atoms with van der Waals surface area (Å²) in [5.74, 6) is 0.0967. The Hall–Kier alpha value is -3.94. The molecule has 8 nitrogen and oxygen atoms in total. The fourth-order valence-corrected chi connectivity index (χ4v) is 4.32. The van der Waals surface area contributed by atoms with Crippen molar-refractivity contribution in [3.05, 3.63) is 71.3 Å². The van der Waals surface area contributed by atoms with Gasteiger partial charge in [0.1, 0.15) is 0 Å². The number of pyridine rings is 1. The molecule has 1 aliphatic rings. The number of nitrogens with zero attached hydrogens (tertiary/aromatic N) is 5. The minimum absolute atomic E-state index is 0.0723. The van der Waals surface area contributed by atoms with E-state index in [1.807, 2.05) is 51.2 Å². The van der Waals surface area contributed by atoms with Gasteiger partial charge in [-0.3, -0.25) is 14.3 Å². The zero-order valence-corrected chi connectivity index (χ0v) is 18.9. The highest BCUT2D eigenvalue weighted by molar-refractivity contribution is 6.07. The Balaban J connectivity index is 1.46. The van der Waals surface area contributed by atoms with Crippen LogP contribution in [0.2, 0.25) is 0 Å². The molecule has 0 saturated carbocycles. The van der Waals surface area contributed by atoms with Crippen molar-refractivity contribution in [1.82, 2.24) is 24.6 Å². The van der Waals surface area contributed by atoms with Crippen molar-refractivity contribution in [2.75, 3.05) is 26.2 Å². The first-order chi connectivity index (χ1) is 15.9. The van der Waals surface area contributed by atoms with Gasteiger partial charge >= 0.3 is 0 Å². The van der Waals surface area contributed by atoms with E-state index in [4.69, 9.17) is 9.40 Å². The standard InChI is InChI=1S/C25H25N5O3/c1-16-6-8-18(9-7-16)20-15-19(22-17(2)27-28(3)23(22)26-20)24(31)29-10-12-30(13-11-29)25(32)21-5-4-14-33-21/h4-9,14-15H,10-13H2,1-3H3. The number of aryl methyl sites for hydroxylation is 3. The lowest BCUT2D eigenvalue weighted by molar-refractivity contribution is 0.0519. The van der Waals surface area contributed by atoms with Crippen LogP contribution in [0.25, 0.3) is 22.3 Å². The van der Waals surface area contributed by atoms with Crippen molar-refractivity contribution in [2.45, 2.75) is 13.8 Å². The summed E-state index contributed by atoms with van der Waals surface area (Å²) in [6, 6.07) is 13.3. The van der Waals surface area contributed by atoms with E-state index in [0.717, 1.165) is 27.9 Å². The predicted molar refractivity (Wildman–Crippen MR) is 124 cm³/mol. The van der Waals surface area contributed by atoms with Crippen molar-refractivity contribution in [3.8, 4) is 11.3 Å². The molecule has 0 unspecified atom stereocenters. The molecular weight excluding hydrogens is 418 g/mol. The maximum absolute atomic E-state index is 13.7. The van der Waals surface area contributed by atoms with Crippen LogP contribution in [0.1, 0.15) is 32.2 Å². The van der Waals surface area contributed by atoms with Crippen LogP contribution >= 0.6 is 0 Å². The molecule has 1 fully saturated rings. The van der Waals surface area contributed by atoms with Gasteiger partial charge in [0, 0.05) is 38.8 Å². The molecule has 0 bridgehead atoms. The van der Waals surface area contributed by atoms with Crippen LogP contribution in [0, 0.1) is 13.8 Å². The first kappa shape index (κ1) is 20.9. The van der Waals surface area contributed by atoms with E-state index < -0.39 is 0 Å². The number of hydrogen-bond donors (Lipinski definition) is 0. The number of furan rings is 1. The van der Waals surface area contributed by atoms with Crippen LogP contribution in [-0.2, 0) is 7.05 Å². The Labute approximate surface area is 191 Å². The summed E-state index contributed by atoms with van der Waals surface area (Å²) < 4.78 is 6.95. The lowest BCUT2D eigenvalue weighted by Crippen LogP contribution is -2.50. The highest BCUT2D eigenvalue weighted by Crippen LogP contribution is 2.28. The molecule has 1 saturated heterocycles. The topological polar surface area (TPSA) is 84.5 Å². The third-order valence-electron chi connectivity index (χ3n) is 6.13. The van der Waals surface area contributed by atoms with Crippen LogP contribution in [-0.4, -0.2) is 62.6 Å². The highest BCUT2D eigenvalue weighted by Gasteiger charge is 2.29. The number of piperazine rings is 1. The number of carbonyl (C=O) groups is 2. The first-order valence-electron chi connectivity index (χ1n) is 11.0. The number of benzene rings is 1. The van der Waals surface area contributed by atoms with Gasteiger partial charge in [-0.2, -0.15) is 5.10 Å². The summed E-state index contributed by atoms with van der Waals surface area (Å²) in [6.07, 6.45) is 1.49. The minimum Gasteiger partial charge on any atom is -0.459 e. The SMILES string of the molecule is Cc1ccc(-c2cc(C(=O)N3CCN(C(=O)c4ccco4)CC3)c3c(C)nn(C)c3n2)cc1. The third kappa shape index (κ3) is 3.77. The van der Waals surface area contributed by atoms with Gasteiger partial charge in [-0.15, -0.1) is 0 Å². The van der Waals surface area contributed by atoms with Crippen LogP contribution in [0.3, 0.4) is 0 Å². The van der Waals surface area contributed by atoms with E-state index in [9.17, 15) is 9.59 Å². The molecule has 0 aliphatic carbocycles. The first-order valence-corrected chi connectivity index (χ1v) is 11.0. The average Bonchev–Trinajstić information content (AvgIpc) is 3.47. The summed E-state index contributed by atoms with van der Waals surface area (Å²) >= 11 is 0. The molecule has 0 atom stereocenters. The van der Waals surface area contributed by atoms with Crippen molar-refractivity contribution in [1.29, 1.82) is 0 Å². The normalized spacial score (nSPS) is 14.2. The Morgan fingerprint density at radius 3 is 2.24 bits per heavy atom. The van der Waals surface area contributed by atoms with Crippen LogP contribution in [0.4, 0.5) is 0 Å². The van der Waals surface area contributed by atoms with Gasteiger partial charge in [0.25, 0.3) is 11.8 Å². The third-order valence-corrected chi connectivity index (χ3v) is 6.13. The molecule has 0 N–H and O–H groups in total. The van der Waals surface area contributed by atoms with Gasteiger partial charge in [-0.1, -0.05) is 29.8 Å². The number of carbonyl (C=O) groups excluding carboxylic acids is 2. The molecule has 0 radical (unpaired) electrons. The van der Waals surface area contributed by atoms with Crippen LogP contribution in [0.5, 0.6) is 0 Å². The van der Waals surface area contributed by atoms with E-state index in [-0.39, 0.29) is 11.8 Å². The fraction of sp³-hybridized carbons (Fsp3) is 0.280. The second-order valence-electron chi connectivity index (χ2n) is 8.39. The highest BCUT2D eigenvalue weighted by atomic mass is 16.3. The quantitative estimate of drug-likeness (QED) is 0.484. The second kappa shape index (κ2) is 8.20. The molecule has 4 aromatic rings. The van der Waals surface area contributed by atoms with Crippen LogP contribution < -0.4 is 0 Å². The summed E-state index contributed by atoms with van der Waals surface area (Å²) in [5, 5.41) is 5.28. The van der Waals surface area contributed by atoms with Gasteiger partial charge in [0.2, 0.25) is 0 Å².